The lowest BCUT2D eigenvalue weighted by molar-refractivity contribution is -0.0266. The molecule has 0 aromatic heterocycles. The number of guanidine groups is 1. The average Bonchev–Trinajstić information content (AvgIpc) is 2.75. The summed E-state index contributed by atoms with van der Waals surface area (Å²) in [6.45, 7) is 6.34. The van der Waals surface area contributed by atoms with Gasteiger partial charge in [-0.3, -0.25) is 4.99 Å². The fourth-order valence-corrected chi connectivity index (χ4v) is 4.41. The van der Waals surface area contributed by atoms with Gasteiger partial charge in [-0.25, -0.2) is 0 Å². The van der Waals surface area contributed by atoms with Gasteiger partial charge in [-0.05, 0) is 52.3 Å². The second kappa shape index (κ2) is 12.2. The first-order valence-corrected chi connectivity index (χ1v) is 10.9. The minimum Gasteiger partial charge on any atom is -0.381 e. The summed E-state index contributed by atoms with van der Waals surface area (Å²) >= 11 is 0. The number of benzene rings is 1. The van der Waals surface area contributed by atoms with E-state index in [2.05, 4.69) is 65.8 Å². The van der Waals surface area contributed by atoms with Gasteiger partial charge in [0, 0.05) is 51.4 Å². The zero-order valence-corrected chi connectivity index (χ0v) is 21.3. The molecule has 6 nitrogen and oxygen atoms in total. The van der Waals surface area contributed by atoms with Crippen LogP contribution in [0.2, 0.25) is 0 Å². The lowest BCUT2D eigenvalue weighted by Crippen LogP contribution is -2.57. The Balaban J connectivity index is 0.00000320. The van der Waals surface area contributed by atoms with E-state index in [0.717, 1.165) is 58.1 Å². The smallest absolute Gasteiger partial charge is 0.191 e. The number of aryl methyl sites for hydroxylation is 1. The van der Waals surface area contributed by atoms with Crippen molar-refractivity contribution in [2.24, 2.45) is 10.9 Å². The zero-order chi connectivity index (χ0) is 20.7. The molecule has 1 aromatic rings. The normalized spacial score (nSPS) is 24.2. The quantitative estimate of drug-likeness (QED) is 0.336. The minimum absolute atomic E-state index is 0. The van der Waals surface area contributed by atoms with Gasteiger partial charge >= 0.3 is 0 Å². The Hall–Kier alpha value is -0.900. The van der Waals surface area contributed by atoms with Crippen LogP contribution in [0.25, 0.3) is 0 Å². The minimum atomic E-state index is 0. The predicted molar refractivity (Wildman–Crippen MR) is 134 cm³/mol. The molecule has 2 aliphatic rings. The number of likely N-dealkylation sites (N-methyl/N-ethyl adjacent to an activating group) is 1. The van der Waals surface area contributed by atoms with Gasteiger partial charge in [-0.15, -0.1) is 24.0 Å². The van der Waals surface area contributed by atoms with E-state index in [1.165, 1.54) is 17.5 Å². The highest BCUT2D eigenvalue weighted by atomic mass is 127. The van der Waals surface area contributed by atoms with Gasteiger partial charge in [0.15, 0.2) is 5.96 Å². The molecule has 0 bridgehead atoms. The number of hydrogen-bond acceptors (Lipinski definition) is 4. The maximum absolute atomic E-state index is 6.16. The molecule has 3 rings (SSSR count). The molecule has 170 valence electrons. The van der Waals surface area contributed by atoms with Crippen LogP contribution in [0.3, 0.4) is 0 Å². The predicted octanol–water partition coefficient (Wildman–Crippen LogP) is 3.36. The van der Waals surface area contributed by atoms with E-state index in [9.17, 15) is 0 Å². The third-order valence-electron chi connectivity index (χ3n) is 6.56. The molecule has 2 unspecified atom stereocenters. The van der Waals surface area contributed by atoms with Crippen molar-refractivity contribution in [3.05, 3.63) is 35.4 Å². The number of halogens is 1. The molecule has 30 heavy (non-hydrogen) atoms. The van der Waals surface area contributed by atoms with Crippen molar-refractivity contribution in [3.63, 3.8) is 0 Å². The second-order valence-electron chi connectivity index (χ2n) is 8.64. The molecular weight excluding hydrogens is 491 g/mol. The molecular formula is C23H39IN4O2. The van der Waals surface area contributed by atoms with Crippen LogP contribution in [-0.4, -0.2) is 70.5 Å². The Bertz CT molecular complexity index is 660. The van der Waals surface area contributed by atoms with Gasteiger partial charge in [-0.1, -0.05) is 29.8 Å². The fourth-order valence-electron chi connectivity index (χ4n) is 4.41. The summed E-state index contributed by atoms with van der Waals surface area (Å²) in [4.78, 5) is 6.79. The molecule has 2 heterocycles. The zero-order valence-electron chi connectivity index (χ0n) is 18.9. The molecule has 0 amide bonds. The third kappa shape index (κ3) is 6.55. The summed E-state index contributed by atoms with van der Waals surface area (Å²) in [7, 11) is 6.17. The first kappa shape index (κ1) is 25.4. The number of nitrogens with one attached hydrogen (secondary N) is 2. The summed E-state index contributed by atoms with van der Waals surface area (Å²) < 4.78 is 11.7. The van der Waals surface area contributed by atoms with Gasteiger partial charge in [0.25, 0.3) is 0 Å². The number of ether oxygens (including phenoxy) is 2. The van der Waals surface area contributed by atoms with Gasteiger partial charge in [0.2, 0.25) is 0 Å². The van der Waals surface area contributed by atoms with Crippen molar-refractivity contribution in [2.75, 3.05) is 54.1 Å². The van der Waals surface area contributed by atoms with E-state index >= 15 is 0 Å². The Morgan fingerprint density at radius 1 is 1.13 bits per heavy atom. The number of rotatable bonds is 6. The number of aliphatic imine (C=N–C) groups is 1. The largest absolute Gasteiger partial charge is 0.381 e. The monoisotopic (exact) mass is 530 g/mol. The molecule has 2 N–H and O–H groups in total. The van der Waals surface area contributed by atoms with Crippen molar-refractivity contribution in [1.82, 2.24) is 15.5 Å². The van der Waals surface area contributed by atoms with Crippen LogP contribution in [0.15, 0.2) is 29.3 Å². The highest BCUT2D eigenvalue weighted by Gasteiger charge is 2.35. The molecule has 2 saturated heterocycles. The molecule has 0 radical (unpaired) electrons. The topological polar surface area (TPSA) is 58.1 Å². The first-order valence-electron chi connectivity index (χ1n) is 10.9. The van der Waals surface area contributed by atoms with Crippen LogP contribution >= 0.6 is 24.0 Å². The van der Waals surface area contributed by atoms with Gasteiger partial charge < -0.3 is 25.0 Å². The lowest BCUT2D eigenvalue weighted by atomic mass is 9.88. The lowest BCUT2D eigenvalue weighted by Gasteiger charge is -2.43. The van der Waals surface area contributed by atoms with Gasteiger partial charge in [-0.2, -0.15) is 0 Å². The van der Waals surface area contributed by atoms with Crippen LogP contribution in [0.1, 0.15) is 42.9 Å². The average molecular weight is 530 g/mol. The van der Waals surface area contributed by atoms with E-state index in [0.29, 0.717) is 5.92 Å². The van der Waals surface area contributed by atoms with Crippen LogP contribution in [0, 0.1) is 12.8 Å². The molecule has 0 aliphatic carbocycles. The second-order valence-corrected chi connectivity index (χ2v) is 8.64. The highest BCUT2D eigenvalue weighted by molar-refractivity contribution is 14.0. The number of hydrogen-bond donors (Lipinski definition) is 2. The summed E-state index contributed by atoms with van der Waals surface area (Å²) in [5.41, 5.74) is 2.68. The van der Waals surface area contributed by atoms with E-state index in [1.807, 2.05) is 7.05 Å². The summed E-state index contributed by atoms with van der Waals surface area (Å²) in [6.07, 6.45) is 4.51. The molecule has 2 atom stereocenters. The van der Waals surface area contributed by atoms with E-state index in [4.69, 9.17) is 9.47 Å². The standard InChI is InChI=1S/C23H38N4O2.HI/c1-18-7-9-19(10-8-18)21-20(6-5-13-29-21)16-25-22(24-2)26-17-23(27(3)4)11-14-28-15-12-23;/h7-10,20-21H,5-6,11-17H2,1-4H3,(H2,24,25,26);1H. The fraction of sp³-hybridized carbons (Fsp3) is 0.696. The van der Waals surface area contributed by atoms with E-state index < -0.39 is 0 Å². The maximum atomic E-state index is 6.16. The Morgan fingerprint density at radius 3 is 2.47 bits per heavy atom. The van der Waals surface area contributed by atoms with E-state index in [-0.39, 0.29) is 35.6 Å². The molecule has 7 heteroatoms. The number of nitrogens with zero attached hydrogens (tertiary/aromatic N) is 2. The highest BCUT2D eigenvalue weighted by Crippen LogP contribution is 2.33. The molecule has 0 spiro atoms. The third-order valence-corrected chi connectivity index (χ3v) is 6.56. The molecule has 2 aliphatic heterocycles. The maximum Gasteiger partial charge on any atom is 0.191 e. The van der Waals surface area contributed by atoms with Crippen molar-refractivity contribution >= 4 is 29.9 Å². The SMILES string of the molecule is CN=C(NCC1CCCOC1c1ccc(C)cc1)NCC1(N(C)C)CCOCC1.I. The van der Waals surface area contributed by atoms with Crippen molar-refractivity contribution in [2.45, 2.75) is 44.2 Å². The Labute approximate surface area is 199 Å². The van der Waals surface area contributed by atoms with Crippen molar-refractivity contribution in [3.8, 4) is 0 Å². The van der Waals surface area contributed by atoms with Crippen LogP contribution in [0.4, 0.5) is 0 Å². The van der Waals surface area contributed by atoms with Crippen LogP contribution in [0.5, 0.6) is 0 Å². The molecule has 0 saturated carbocycles. The van der Waals surface area contributed by atoms with Crippen LogP contribution in [-0.2, 0) is 9.47 Å². The first-order chi connectivity index (χ1) is 14.0. The van der Waals surface area contributed by atoms with Gasteiger partial charge in [0.1, 0.15) is 0 Å². The summed E-state index contributed by atoms with van der Waals surface area (Å²) in [5, 5.41) is 7.12. The molecule has 1 aromatic carbocycles. The Kier molecular flexibility index (Phi) is 10.3. The summed E-state index contributed by atoms with van der Waals surface area (Å²) in [5.74, 6) is 1.31. The van der Waals surface area contributed by atoms with Crippen molar-refractivity contribution in [1.29, 1.82) is 0 Å². The molecule has 2 fully saturated rings. The van der Waals surface area contributed by atoms with Crippen LogP contribution < -0.4 is 10.6 Å². The van der Waals surface area contributed by atoms with Gasteiger partial charge in [0.05, 0.1) is 6.10 Å². The Morgan fingerprint density at radius 2 is 1.83 bits per heavy atom. The van der Waals surface area contributed by atoms with Crippen molar-refractivity contribution < 1.29 is 9.47 Å². The van der Waals surface area contributed by atoms with E-state index in [1.54, 1.807) is 0 Å². The summed E-state index contributed by atoms with van der Waals surface area (Å²) in [6, 6.07) is 8.76.